The Morgan fingerprint density at radius 2 is 1.86 bits per heavy atom. The van der Waals surface area contributed by atoms with Gasteiger partial charge in [0.05, 0.1) is 6.61 Å². The molecule has 1 aliphatic rings. The van der Waals surface area contributed by atoms with E-state index in [0.717, 1.165) is 18.5 Å². The van der Waals surface area contributed by atoms with Gasteiger partial charge in [-0.15, -0.1) is 0 Å². The van der Waals surface area contributed by atoms with Gasteiger partial charge >= 0.3 is 0 Å². The van der Waals surface area contributed by atoms with Crippen LogP contribution in [0.15, 0.2) is 24.3 Å². The van der Waals surface area contributed by atoms with E-state index in [2.05, 4.69) is 10.6 Å². The molecular formula is C17H24N2O3. The van der Waals surface area contributed by atoms with Crippen molar-refractivity contribution in [2.24, 2.45) is 5.92 Å². The van der Waals surface area contributed by atoms with E-state index in [1.54, 1.807) is 31.4 Å². The van der Waals surface area contributed by atoms with Crippen molar-refractivity contribution in [3.63, 3.8) is 0 Å². The molecule has 2 amide bonds. The summed E-state index contributed by atoms with van der Waals surface area (Å²) >= 11 is 0. The predicted molar refractivity (Wildman–Crippen MR) is 85.9 cm³/mol. The maximum absolute atomic E-state index is 12.0. The molecule has 22 heavy (non-hydrogen) atoms. The van der Waals surface area contributed by atoms with E-state index in [1.807, 2.05) is 0 Å². The number of anilines is 1. The van der Waals surface area contributed by atoms with Crippen molar-refractivity contribution in [3.8, 4) is 0 Å². The fourth-order valence-electron chi connectivity index (χ4n) is 2.76. The summed E-state index contributed by atoms with van der Waals surface area (Å²) in [4.78, 5) is 23.8. The van der Waals surface area contributed by atoms with Crippen LogP contribution in [0.5, 0.6) is 0 Å². The molecule has 0 heterocycles. The van der Waals surface area contributed by atoms with Crippen molar-refractivity contribution in [1.29, 1.82) is 0 Å². The second-order valence-corrected chi connectivity index (χ2v) is 5.73. The summed E-state index contributed by atoms with van der Waals surface area (Å²) in [6.07, 6.45) is 5.40. The first kappa shape index (κ1) is 16.5. The Balaban J connectivity index is 1.80. The number of hydrogen-bond acceptors (Lipinski definition) is 3. The first-order valence-corrected chi connectivity index (χ1v) is 7.86. The van der Waals surface area contributed by atoms with E-state index in [-0.39, 0.29) is 11.8 Å². The number of amides is 2. The van der Waals surface area contributed by atoms with E-state index in [0.29, 0.717) is 31.1 Å². The van der Waals surface area contributed by atoms with Gasteiger partial charge in [-0.3, -0.25) is 9.59 Å². The first-order chi connectivity index (χ1) is 10.7. The van der Waals surface area contributed by atoms with E-state index in [9.17, 15) is 9.59 Å². The molecule has 1 fully saturated rings. The van der Waals surface area contributed by atoms with Gasteiger partial charge in [0.15, 0.2) is 0 Å². The number of ether oxygens (including phenoxy) is 1. The van der Waals surface area contributed by atoms with Crippen LogP contribution in [0.3, 0.4) is 0 Å². The van der Waals surface area contributed by atoms with Crippen LogP contribution in [-0.2, 0) is 9.53 Å². The lowest BCUT2D eigenvalue weighted by Gasteiger charge is -2.10. The molecule has 0 radical (unpaired) electrons. The summed E-state index contributed by atoms with van der Waals surface area (Å²) in [7, 11) is 1.59. The van der Waals surface area contributed by atoms with Gasteiger partial charge < -0.3 is 15.4 Å². The number of carbonyl (C=O) groups is 2. The number of rotatable bonds is 7. The van der Waals surface area contributed by atoms with Gasteiger partial charge in [-0.1, -0.05) is 12.8 Å². The highest BCUT2D eigenvalue weighted by molar-refractivity contribution is 5.95. The minimum Gasteiger partial charge on any atom is -0.383 e. The maximum atomic E-state index is 12.0. The minimum absolute atomic E-state index is 0.0594. The molecule has 0 unspecified atom stereocenters. The maximum Gasteiger partial charge on any atom is 0.251 e. The Labute approximate surface area is 131 Å². The van der Waals surface area contributed by atoms with E-state index in [4.69, 9.17) is 4.74 Å². The van der Waals surface area contributed by atoms with Gasteiger partial charge in [-0.2, -0.15) is 0 Å². The van der Waals surface area contributed by atoms with Crippen LogP contribution in [0.4, 0.5) is 5.69 Å². The van der Waals surface area contributed by atoms with E-state index in [1.165, 1.54) is 12.8 Å². The average molecular weight is 304 g/mol. The topological polar surface area (TPSA) is 67.4 Å². The normalized spacial score (nSPS) is 14.8. The molecule has 5 heteroatoms. The highest BCUT2D eigenvalue weighted by atomic mass is 16.5. The minimum atomic E-state index is -0.138. The van der Waals surface area contributed by atoms with Gasteiger partial charge in [-0.25, -0.2) is 0 Å². The molecule has 1 aromatic rings. The molecular weight excluding hydrogens is 280 g/mol. The monoisotopic (exact) mass is 304 g/mol. The molecule has 2 rings (SSSR count). The molecule has 0 atom stereocenters. The molecule has 0 aliphatic heterocycles. The number of methoxy groups -OCH3 is 1. The lowest BCUT2D eigenvalue weighted by molar-refractivity contribution is -0.117. The third-order valence-electron chi connectivity index (χ3n) is 3.97. The molecule has 2 N–H and O–H groups in total. The van der Waals surface area contributed by atoms with Crippen LogP contribution in [0, 0.1) is 5.92 Å². The molecule has 0 bridgehead atoms. The second kappa shape index (κ2) is 8.54. The summed E-state index contributed by atoms with van der Waals surface area (Å²) in [5, 5.41) is 5.65. The van der Waals surface area contributed by atoms with Crippen molar-refractivity contribution >= 4 is 17.5 Å². The standard InChI is InChI=1S/C17H24N2O3/c1-22-11-10-18-17(21)14-6-8-15(9-7-14)19-16(20)12-13-4-2-3-5-13/h6-9,13H,2-5,10-12H2,1H3,(H,18,21)(H,19,20). The third kappa shape index (κ3) is 5.15. The van der Waals surface area contributed by atoms with Gasteiger partial charge in [0.2, 0.25) is 5.91 Å². The summed E-state index contributed by atoms with van der Waals surface area (Å²) in [5.41, 5.74) is 1.31. The summed E-state index contributed by atoms with van der Waals surface area (Å²) in [6.45, 7) is 0.969. The number of nitrogens with one attached hydrogen (secondary N) is 2. The Morgan fingerprint density at radius 1 is 1.18 bits per heavy atom. The zero-order chi connectivity index (χ0) is 15.8. The molecule has 5 nitrogen and oxygen atoms in total. The van der Waals surface area contributed by atoms with E-state index < -0.39 is 0 Å². The van der Waals surface area contributed by atoms with Crippen LogP contribution in [-0.4, -0.2) is 32.1 Å². The number of benzene rings is 1. The molecule has 120 valence electrons. The van der Waals surface area contributed by atoms with E-state index >= 15 is 0 Å². The van der Waals surface area contributed by atoms with Crippen LogP contribution in [0.25, 0.3) is 0 Å². The Kier molecular flexibility index (Phi) is 6.40. The summed E-state index contributed by atoms with van der Waals surface area (Å²) in [5.74, 6) is 0.455. The molecule has 0 aromatic heterocycles. The van der Waals surface area contributed by atoms with Crippen LogP contribution >= 0.6 is 0 Å². The van der Waals surface area contributed by atoms with Gasteiger partial charge in [0, 0.05) is 31.3 Å². The third-order valence-corrected chi connectivity index (χ3v) is 3.97. The Bertz CT molecular complexity index is 493. The van der Waals surface area contributed by atoms with Crippen LogP contribution in [0.1, 0.15) is 42.5 Å². The SMILES string of the molecule is COCCNC(=O)c1ccc(NC(=O)CC2CCCC2)cc1. The van der Waals surface area contributed by atoms with Crippen molar-refractivity contribution in [1.82, 2.24) is 5.32 Å². The fourth-order valence-corrected chi connectivity index (χ4v) is 2.76. The zero-order valence-corrected chi connectivity index (χ0v) is 13.1. The lowest BCUT2D eigenvalue weighted by atomic mass is 10.0. The van der Waals surface area contributed by atoms with Gasteiger partial charge in [-0.05, 0) is 43.0 Å². The van der Waals surface area contributed by atoms with Crippen molar-refractivity contribution in [3.05, 3.63) is 29.8 Å². The summed E-state index contributed by atoms with van der Waals surface area (Å²) < 4.78 is 4.88. The van der Waals surface area contributed by atoms with Crippen molar-refractivity contribution < 1.29 is 14.3 Å². The largest absolute Gasteiger partial charge is 0.383 e. The molecule has 1 aliphatic carbocycles. The molecule has 1 saturated carbocycles. The quantitative estimate of drug-likeness (QED) is 0.761. The fraction of sp³-hybridized carbons (Fsp3) is 0.529. The smallest absolute Gasteiger partial charge is 0.251 e. The predicted octanol–water partition coefficient (Wildman–Crippen LogP) is 2.58. The average Bonchev–Trinajstić information content (AvgIpc) is 3.01. The first-order valence-electron chi connectivity index (χ1n) is 7.86. The highest BCUT2D eigenvalue weighted by Crippen LogP contribution is 2.27. The Hall–Kier alpha value is -1.88. The van der Waals surface area contributed by atoms with Crippen molar-refractivity contribution in [2.75, 3.05) is 25.6 Å². The van der Waals surface area contributed by atoms with Crippen LogP contribution < -0.4 is 10.6 Å². The van der Waals surface area contributed by atoms with Gasteiger partial charge in [0.1, 0.15) is 0 Å². The Morgan fingerprint density at radius 3 is 2.50 bits per heavy atom. The number of hydrogen-bond donors (Lipinski definition) is 2. The molecule has 0 spiro atoms. The second-order valence-electron chi connectivity index (χ2n) is 5.73. The molecule has 1 aromatic carbocycles. The number of carbonyl (C=O) groups excluding carboxylic acids is 2. The lowest BCUT2D eigenvalue weighted by Crippen LogP contribution is -2.26. The van der Waals surface area contributed by atoms with Gasteiger partial charge in [0.25, 0.3) is 5.91 Å². The van der Waals surface area contributed by atoms with Crippen LogP contribution in [0.2, 0.25) is 0 Å². The summed E-state index contributed by atoms with van der Waals surface area (Å²) in [6, 6.07) is 6.95. The van der Waals surface area contributed by atoms with Crippen molar-refractivity contribution in [2.45, 2.75) is 32.1 Å². The molecule has 0 saturated heterocycles. The zero-order valence-electron chi connectivity index (χ0n) is 13.1. The highest BCUT2D eigenvalue weighted by Gasteiger charge is 2.18.